The third-order valence-corrected chi connectivity index (χ3v) is 7.60. The monoisotopic (exact) mass is 397 g/mol. The lowest BCUT2D eigenvalue weighted by atomic mass is 10.00. The lowest BCUT2D eigenvalue weighted by Crippen LogP contribution is -2.29. The third-order valence-electron chi connectivity index (χ3n) is 5.93. The molecule has 1 fully saturated rings. The van der Waals surface area contributed by atoms with Crippen LogP contribution in [0.15, 0.2) is 47.6 Å². The smallest absolute Gasteiger partial charge is 0.268 e. The molecule has 0 spiro atoms. The van der Waals surface area contributed by atoms with Crippen LogP contribution < -0.4 is 9.64 Å². The van der Waals surface area contributed by atoms with Gasteiger partial charge in [-0.05, 0) is 49.1 Å². The number of ether oxygens (including phenoxy) is 1. The Hall–Kier alpha value is -2.54. The molecule has 0 N–H and O–H groups in total. The summed E-state index contributed by atoms with van der Waals surface area (Å²) in [6, 6.07) is 8.72. The zero-order valence-electron chi connectivity index (χ0n) is 15.8. The summed E-state index contributed by atoms with van der Waals surface area (Å²) < 4.78 is 34.2. The van der Waals surface area contributed by atoms with E-state index < -0.39 is 10.0 Å². The van der Waals surface area contributed by atoms with Gasteiger partial charge in [0.25, 0.3) is 10.0 Å². The molecule has 1 aliphatic heterocycles. The number of benzene rings is 1. The molecule has 7 heteroatoms. The molecule has 0 radical (unpaired) electrons. The first-order valence-corrected chi connectivity index (χ1v) is 11.2. The summed E-state index contributed by atoms with van der Waals surface area (Å²) in [6.07, 6.45) is 8.10. The maximum atomic E-state index is 13.5. The number of nitrogens with zero attached hydrogens (tertiary/aromatic N) is 3. The maximum absolute atomic E-state index is 13.5. The minimum atomic E-state index is -3.74. The third kappa shape index (κ3) is 2.68. The van der Waals surface area contributed by atoms with E-state index in [1.807, 2.05) is 18.0 Å². The Bertz CT molecular complexity index is 1150. The van der Waals surface area contributed by atoms with Crippen LogP contribution in [-0.4, -0.2) is 37.6 Å². The van der Waals surface area contributed by atoms with Crippen LogP contribution in [0.5, 0.6) is 5.75 Å². The van der Waals surface area contributed by atoms with Crippen LogP contribution in [-0.2, 0) is 10.0 Å². The summed E-state index contributed by atoms with van der Waals surface area (Å²) in [5.74, 6) is 1.11. The SMILES string of the molecule is CN1CCOc2ccc(S(=O)(=O)n3cc(C4CCCC4)c4ncccc43)cc21. The number of hydrogen-bond acceptors (Lipinski definition) is 5. The second-order valence-electron chi connectivity index (χ2n) is 7.64. The molecule has 1 aliphatic carbocycles. The van der Waals surface area contributed by atoms with E-state index in [1.54, 1.807) is 36.7 Å². The first kappa shape index (κ1) is 17.6. The highest BCUT2D eigenvalue weighted by atomic mass is 32.2. The average molecular weight is 398 g/mol. The summed E-state index contributed by atoms with van der Waals surface area (Å²) in [6.45, 7) is 1.34. The van der Waals surface area contributed by atoms with Gasteiger partial charge in [-0.1, -0.05) is 12.8 Å². The van der Waals surface area contributed by atoms with Crippen LogP contribution >= 0.6 is 0 Å². The quantitative estimate of drug-likeness (QED) is 0.673. The molecule has 0 bridgehead atoms. The van der Waals surface area contributed by atoms with Crippen molar-refractivity contribution in [1.29, 1.82) is 0 Å². The Kier molecular flexibility index (Phi) is 4.08. The largest absolute Gasteiger partial charge is 0.490 e. The summed E-state index contributed by atoms with van der Waals surface area (Å²) in [5, 5.41) is 0. The Morgan fingerprint density at radius 1 is 1.18 bits per heavy atom. The topological polar surface area (TPSA) is 64.4 Å². The predicted octanol–water partition coefficient (Wildman–Crippen LogP) is 3.76. The summed E-state index contributed by atoms with van der Waals surface area (Å²) in [4.78, 5) is 6.81. The highest BCUT2D eigenvalue weighted by molar-refractivity contribution is 7.90. The highest BCUT2D eigenvalue weighted by Crippen LogP contribution is 2.39. The van der Waals surface area contributed by atoms with Gasteiger partial charge in [0.1, 0.15) is 12.4 Å². The van der Waals surface area contributed by atoms with E-state index in [2.05, 4.69) is 4.98 Å². The molecule has 5 rings (SSSR count). The number of anilines is 1. The molecule has 3 aromatic rings. The number of pyridine rings is 1. The Labute approximate surface area is 164 Å². The lowest BCUT2D eigenvalue weighted by Gasteiger charge is -2.28. The van der Waals surface area contributed by atoms with Crippen molar-refractivity contribution in [3.8, 4) is 5.75 Å². The van der Waals surface area contributed by atoms with Gasteiger partial charge in [-0.15, -0.1) is 0 Å². The van der Waals surface area contributed by atoms with E-state index >= 15 is 0 Å². The Morgan fingerprint density at radius 2 is 2.00 bits per heavy atom. The zero-order chi connectivity index (χ0) is 19.3. The summed E-state index contributed by atoms with van der Waals surface area (Å²) in [7, 11) is -1.79. The van der Waals surface area contributed by atoms with Crippen molar-refractivity contribution >= 4 is 26.7 Å². The van der Waals surface area contributed by atoms with Crippen LogP contribution in [0.25, 0.3) is 11.0 Å². The zero-order valence-corrected chi connectivity index (χ0v) is 16.7. The lowest BCUT2D eigenvalue weighted by molar-refractivity contribution is 0.311. The Morgan fingerprint density at radius 3 is 2.82 bits per heavy atom. The van der Waals surface area contributed by atoms with Crippen LogP contribution in [0.4, 0.5) is 5.69 Å². The van der Waals surface area contributed by atoms with Crippen LogP contribution in [0, 0.1) is 0 Å². The first-order valence-electron chi connectivity index (χ1n) is 9.75. The molecule has 2 aromatic heterocycles. The Balaban J connectivity index is 1.66. The number of hydrogen-bond donors (Lipinski definition) is 0. The van der Waals surface area contributed by atoms with Crippen molar-refractivity contribution in [2.45, 2.75) is 36.5 Å². The first-order chi connectivity index (χ1) is 13.6. The summed E-state index contributed by atoms with van der Waals surface area (Å²) in [5.41, 5.74) is 3.30. The van der Waals surface area contributed by atoms with E-state index in [9.17, 15) is 8.42 Å². The number of fused-ring (bicyclic) bond motifs is 2. The molecule has 28 heavy (non-hydrogen) atoms. The van der Waals surface area contributed by atoms with Gasteiger partial charge in [0.15, 0.2) is 0 Å². The van der Waals surface area contributed by atoms with Gasteiger partial charge in [-0.2, -0.15) is 0 Å². The van der Waals surface area contributed by atoms with E-state index in [0.29, 0.717) is 18.0 Å². The van der Waals surface area contributed by atoms with Crippen molar-refractivity contribution in [2.24, 2.45) is 0 Å². The van der Waals surface area contributed by atoms with E-state index in [1.165, 1.54) is 16.8 Å². The molecule has 6 nitrogen and oxygen atoms in total. The second kappa shape index (κ2) is 6.51. The fraction of sp³-hybridized carbons (Fsp3) is 0.381. The molecule has 1 aromatic carbocycles. The van der Waals surface area contributed by atoms with Gasteiger partial charge in [0.05, 0.1) is 28.2 Å². The highest BCUT2D eigenvalue weighted by Gasteiger charge is 2.28. The predicted molar refractivity (Wildman–Crippen MR) is 109 cm³/mol. The fourth-order valence-corrected chi connectivity index (χ4v) is 5.78. The van der Waals surface area contributed by atoms with Gasteiger partial charge < -0.3 is 9.64 Å². The van der Waals surface area contributed by atoms with Crippen LogP contribution in [0.1, 0.15) is 37.2 Å². The number of likely N-dealkylation sites (N-methyl/N-ethyl adjacent to an activating group) is 1. The molecule has 0 amide bonds. The molecule has 146 valence electrons. The number of aromatic nitrogens is 2. The molecule has 0 saturated heterocycles. The van der Waals surface area contributed by atoms with Crippen molar-refractivity contribution < 1.29 is 13.2 Å². The van der Waals surface area contributed by atoms with Crippen molar-refractivity contribution in [2.75, 3.05) is 25.1 Å². The normalized spacial score (nSPS) is 17.7. The molecule has 2 aliphatic rings. The molecule has 3 heterocycles. The molecular formula is C21H23N3O3S. The van der Waals surface area contributed by atoms with Gasteiger partial charge in [-0.25, -0.2) is 12.4 Å². The molecular weight excluding hydrogens is 374 g/mol. The van der Waals surface area contributed by atoms with Crippen molar-refractivity contribution in [3.63, 3.8) is 0 Å². The molecule has 0 unspecified atom stereocenters. The molecule has 1 saturated carbocycles. The van der Waals surface area contributed by atoms with Gasteiger partial charge in [0.2, 0.25) is 0 Å². The minimum Gasteiger partial charge on any atom is -0.490 e. The summed E-state index contributed by atoms with van der Waals surface area (Å²) >= 11 is 0. The van der Waals surface area contributed by atoms with Crippen molar-refractivity contribution in [1.82, 2.24) is 8.96 Å². The molecule has 0 atom stereocenters. The van der Waals surface area contributed by atoms with Gasteiger partial charge >= 0.3 is 0 Å². The second-order valence-corrected chi connectivity index (χ2v) is 9.45. The van der Waals surface area contributed by atoms with Crippen LogP contribution in [0.3, 0.4) is 0 Å². The van der Waals surface area contributed by atoms with E-state index in [4.69, 9.17) is 4.74 Å². The number of rotatable bonds is 3. The van der Waals surface area contributed by atoms with Crippen LogP contribution in [0.2, 0.25) is 0 Å². The van der Waals surface area contributed by atoms with E-state index in [0.717, 1.165) is 41.9 Å². The fourth-order valence-electron chi connectivity index (χ4n) is 4.39. The standard InChI is InChI=1S/C21H23N3O3S/c1-23-11-12-27-20-9-8-16(13-19(20)23)28(25,26)24-14-17(15-5-2-3-6-15)21-18(24)7-4-10-22-21/h4,7-10,13-15H,2-3,5-6,11-12H2,1H3. The average Bonchev–Trinajstić information content (AvgIpc) is 3.36. The van der Waals surface area contributed by atoms with Gasteiger partial charge in [0, 0.05) is 25.0 Å². The van der Waals surface area contributed by atoms with Crippen molar-refractivity contribution in [3.05, 3.63) is 48.3 Å². The maximum Gasteiger partial charge on any atom is 0.268 e. The van der Waals surface area contributed by atoms with Gasteiger partial charge in [-0.3, -0.25) is 4.98 Å². The van der Waals surface area contributed by atoms with E-state index in [-0.39, 0.29) is 4.90 Å². The minimum absolute atomic E-state index is 0.266.